The Bertz CT molecular complexity index is 780. The van der Waals surface area contributed by atoms with Crippen molar-refractivity contribution in [2.24, 2.45) is 11.3 Å². The molecule has 2 heterocycles. The largest absolute Gasteiger partial charge is 0.381 e. The van der Waals surface area contributed by atoms with Crippen LogP contribution in [0.3, 0.4) is 0 Å². The summed E-state index contributed by atoms with van der Waals surface area (Å²) >= 11 is 11.6. The SMILES string of the molecule is O=C(CCl)NCC1CC2(CCN(C(=O)C3(Nc4ccc(Cl)cc4)CCOCC3)CC2)C1. The Kier molecular flexibility index (Phi) is 6.99. The lowest BCUT2D eigenvalue weighted by Gasteiger charge is -2.53. The number of benzene rings is 1. The number of anilines is 1. The minimum Gasteiger partial charge on any atom is -0.381 e. The molecule has 1 aromatic carbocycles. The molecule has 31 heavy (non-hydrogen) atoms. The molecule has 2 aliphatic heterocycles. The van der Waals surface area contributed by atoms with Crippen molar-refractivity contribution in [3.8, 4) is 0 Å². The first-order valence-corrected chi connectivity index (χ1v) is 12.1. The van der Waals surface area contributed by atoms with Crippen molar-refractivity contribution in [3.05, 3.63) is 29.3 Å². The third kappa shape index (κ3) is 5.12. The number of carbonyl (C=O) groups excluding carboxylic acids is 2. The minimum atomic E-state index is -0.620. The Morgan fingerprint density at radius 1 is 1.06 bits per heavy atom. The van der Waals surface area contributed by atoms with E-state index in [1.54, 1.807) is 0 Å². The fraction of sp³-hybridized carbons (Fsp3) is 0.652. The van der Waals surface area contributed by atoms with Crippen LogP contribution in [-0.4, -0.2) is 61.0 Å². The van der Waals surface area contributed by atoms with Gasteiger partial charge in [-0.2, -0.15) is 0 Å². The van der Waals surface area contributed by atoms with Crippen LogP contribution >= 0.6 is 23.2 Å². The summed E-state index contributed by atoms with van der Waals surface area (Å²) in [7, 11) is 0. The minimum absolute atomic E-state index is 0.0196. The number of ether oxygens (including phenoxy) is 1. The van der Waals surface area contributed by atoms with Gasteiger partial charge in [-0.05, 0) is 61.3 Å². The van der Waals surface area contributed by atoms with Gasteiger partial charge in [-0.15, -0.1) is 11.6 Å². The second kappa shape index (κ2) is 9.55. The number of carbonyl (C=O) groups is 2. The summed E-state index contributed by atoms with van der Waals surface area (Å²) in [6.45, 7) is 3.47. The number of halogens is 2. The summed E-state index contributed by atoms with van der Waals surface area (Å²) in [6.07, 6.45) is 5.65. The third-order valence-corrected chi connectivity index (χ3v) is 7.74. The standard InChI is InChI=1S/C23H31Cl2N3O3/c24-15-20(29)26-16-17-13-22(14-17)5-9-28(10-6-22)21(30)23(7-11-31-12-8-23)27-19-3-1-18(25)2-4-19/h1-4,17,27H,5-16H2,(H,26,29). The number of amides is 2. The highest BCUT2D eigenvalue weighted by Crippen LogP contribution is 2.52. The van der Waals surface area contributed by atoms with Crippen molar-refractivity contribution in [3.63, 3.8) is 0 Å². The molecular formula is C23H31Cl2N3O3. The molecule has 1 saturated carbocycles. The number of nitrogens with one attached hydrogen (secondary N) is 2. The van der Waals surface area contributed by atoms with Crippen LogP contribution in [0.1, 0.15) is 38.5 Å². The molecule has 0 radical (unpaired) electrons. The molecule has 0 aromatic heterocycles. The van der Waals surface area contributed by atoms with Crippen molar-refractivity contribution in [2.45, 2.75) is 44.1 Å². The van der Waals surface area contributed by atoms with Gasteiger partial charge in [0, 0.05) is 56.4 Å². The van der Waals surface area contributed by atoms with E-state index in [1.165, 1.54) is 0 Å². The smallest absolute Gasteiger partial charge is 0.248 e. The van der Waals surface area contributed by atoms with Crippen LogP contribution in [0.5, 0.6) is 0 Å². The summed E-state index contributed by atoms with van der Waals surface area (Å²) in [4.78, 5) is 27.1. The lowest BCUT2D eigenvalue weighted by Crippen LogP contribution is -2.59. The number of nitrogens with zero attached hydrogens (tertiary/aromatic N) is 1. The average molecular weight is 468 g/mol. The van der Waals surface area contributed by atoms with Crippen molar-refractivity contribution in [1.29, 1.82) is 0 Å². The summed E-state index contributed by atoms with van der Waals surface area (Å²) in [6, 6.07) is 7.54. The predicted octanol–water partition coefficient (Wildman–Crippen LogP) is 3.67. The molecule has 3 aliphatic rings. The number of likely N-dealkylation sites (tertiary alicyclic amines) is 1. The summed E-state index contributed by atoms with van der Waals surface area (Å²) < 4.78 is 5.57. The molecule has 170 valence electrons. The van der Waals surface area contributed by atoms with Crippen LogP contribution in [0.2, 0.25) is 5.02 Å². The molecule has 0 bridgehead atoms. The van der Waals surface area contributed by atoms with E-state index < -0.39 is 5.54 Å². The Morgan fingerprint density at radius 3 is 2.32 bits per heavy atom. The van der Waals surface area contributed by atoms with Gasteiger partial charge in [0.2, 0.25) is 11.8 Å². The molecule has 0 atom stereocenters. The van der Waals surface area contributed by atoms with Crippen molar-refractivity contribution in [2.75, 3.05) is 44.0 Å². The van der Waals surface area contributed by atoms with Crippen LogP contribution in [0.25, 0.3) is 0 Å². The lowest BCUT2D eigenvalue weighted by atomic mass is 9.57. The molecule has 3 fully saturated rings. The highest BCUT2D eigenvalue weighted by molar-refractivity contribution is 6.30. The maximum atomic E-state index is 13.7. The van der Waals surface area contributed by atoms with E-state index in [9.17, 15) is 9.59 Å². The van der Waals surface area contributed by atoms with Crippen molar-refractivity contribution < 1.29 is 14.3 Å². The lowest BCUT2D eigenvalue weighted by molar-refractivity contribution is -0.143. The Labute approximate surface area is 194 Å². The van der Waals surface area contributed by atoms with Crippen molar-refractivity contribution in [1.82, 2.24) is 10.2 Å². The van der Waals surface area contributed by atoms with Crippen LogP contribution < -0.4 is 10.6 Å². The molecule has 2 N–H and O–H groups in total. The highest BCUT2D eigenvalue weighted by Gasteiger charge is 2.49. The highest BCUT2D eigenvalue weighted by atomic mass is 35.5. The van der Waals surface area contributed by atoms with E-state index in [1.807, 2.05) is 29.2 Å². The molecule has 2 saturated heterocycles. The van der Waals surface area contributed by atoms with E-state index in [0.717, 1.165) is 44.5 Å². The molecule has 6 nitrogen and oxygen atoms in total. The van der Waals surface area contributed by atoms with Gasteiger partial charge in [-0.1, -0.05) is 11.6 Å². The summed E-state index contributed by atoms with van der Waals surface area (Å²) in [5.74, 6) is 0.637. The number of hydrogen-bond acceptors (Lipinski definition) is 4. The molecule has 0 unspecified atom stereocenters. The molecule has 4 rings (SSSR count). The molecule has 1 aromatic rings. The number of rotatable bonds is 6. The van der Waals surface area contributed by atoms with Gasteiger partial charge < -0.3 is 20.3 Å². The van der Waals surface area contributed by atoms with Gasteiger partial charge in [-0.25, -0.2) is 0 Å². The maximum absolute atomic E-state index is 13.7. The molecule has 1 aliphatic carbocycles. The Hall–Kier alpha value is -1.50. The summed E-state index contributed by atoms with van der Waals surface area (Å²) in [5, 5.41) is 7.10. The van der Waals surface area contributed by atoms with E-state index >= 15 is 0 Å². The zero-order valence-corrected chi connectivity index (χ0v) is 19.3. The van der Waals surface area contributed by atoms with Crippen LogP contribution in [-0.2, 0) is 14.3 Å². The van der Waals surface area contributed by atoms with E-state index in [2.05, 4.69) is 10.6 Å². The summed E-state index contributed by atoms with van der Waals surface area (Å²) in [5.41, 5.74) is 0.624. The van der Waals surface area contributed by atoms with E-state index in [0.29, 0.717) is 49.0 Å². The molecular weight excluding hydrogens is 437 g/mol. The fourth-order valence-corrected chi connectivity index (χ4v) is 5.65. The number of piperidine rings is 1. The monoisotopic (exact) mass is 467 g/mol. The Morgan fingerprint density at radius 2 is 1.71 bits per heavy atom. The van der Waals surface area contributed by atoms with Gasteiger partial charge in [0.1, 0.15) is 11.4 Å². The normalized spacial score (nSPS) is 22.6. The quantitative estimate of drug-likeness (QED) is 0.625. The predicted molar refractivity (Wildman–Crippen MR) is 123 cm³/mol. The maximum Gasteiger partial charge on any atom is 0.248 e. The van der Waals surface area contributed by atoms with Crippen molar-refractivity contribution >= 4 is 40.7 Å². The zero-order valence-electron chi connectivity index (χ0n) is 17.8. The first kappa shape index (κ1) is 22.7. The Balaban J connectivity index is 1.34. The van der Waals surface area contributed by atoms with Crippen LogP contribution in [0, 0.1) is 11.3 Å². The first-order valence-electron chi connectivity index (χ1n) is 11.2. The number of hydrogen-bond donors (Lipinski definition) is 2. The van der Waals surface area contributed by atoms with Gasteiger partial charge in [0.05, 0.1) is 0 Å². The molecule has 1 spiro atoms. The zero-order chi connectivity index (χ0) is 21.9. The van der Waals surface area contributed by atoms with Crippen LogP contribution in [0.4, 0.5) is 5.69 Å². The van der Waals surface area contributed by atoms with Gasteiger partial charge in [0.15, 0.2) is 0 Å². The molecule has 8 heteroatoms. The van der Waals surface area contributed by atoms with Gasteiger partial charge in [0.25, 0.3) is 0 Å². The number of alkyl halides is 1. The van der Waals surface area contributed by atoms with Gasteiger partial charge >= 0.3 is 0 Å². The second-order valence-corrected chi connectivity index (χ2v) is 10.0. The topological polar surface area (TPSA) is 70.7 Å². The second-order valence-electron chi connectivity index (χ2n) is 9.33. The first-order chi connectivity index (χ1) is 14.9. The van der Waals surface area contributed by atoms with Gasteiger partial charge in [-0.3, -0.25) is 9.59 Å². The third-order valence-electron chi connectivity index (χ3n) is 7.25. The van der Waals surface area contributed by atoms with E-state index in [-0.39, 0.29) is 17.7 Å². The van der Waals surface area contributed by atoms with Crippen LogP contribution in [0.15, 0.2) is 24.3 Å². The molecule has 2 amide bonds. The average Bonchev–Trinajstić information content (AvgIpc) is 2.78. The van der Waals surface area contributed by atoms with E-state index in [4.69, 9.17) is 27.9 Å². The fourth-order valence-electron chi connectivity index (χ4n) is 5.43.